The molecule has 1 aliphatic carbocycles. The van der Waals surface area contributed by atoms with Crippen LogP contribution in [0.25, 0.3) is 0 Å². The molecule has 2 fully saturated rings. The lowest BCUT2D eigenvalue weighted by atomic mass is 9.83. The normalized spacial score (nSPS) is 34.0. The van der Waals surface area contributed by atoms with Crippen molar-refractivity contribution in [3.63, 3.8) is 0 Å². The quantitative estimate of drug-likeness (QED) is 0.840. The van der Waals surface area contributed by atoms with E-state index in [1.54, 1.807) is 0 Å². The fraction of sp³-hybridized carbons (Fsp3) is 0.857. The maximum atomic E-state index is 12.4. The molecule has 2 aliphatic rings. The number of nitrogens with zero attached hydrogens (tertiary/aromatic N) is 1. The summed E-state index contributed by atoms with van der Waals surface area (Å²) < 4.78 is 0. The summed E-state index contributed by atoms with van der Waals surface area (Å²) in [5.41, 5.74) is 0. The molecule has 4 atom stereocenters. The van der Waals surface area contributed by atoms with E-state index in [4.69, 9.17) is 0 Å². The maximum Gasteiger partial charge on any atom is 0.327 e. The van der Waals surface area contributed by atoms with Gasteiger partial charge in [0.25, 0.3) is 0 Å². The molecule has 0 aromatic carbocycles. The SMILES string of the molecule is CCC1CCCCC1NC(=O)N1C(C)SCC1C(=O)O. The number of nitrogens with one attached hydrogen (secondary N) is 1. The Balaban J connectivity index is 2.00. The number of carbonyl (C=O) groups is 2. The lowest BCUT2D eigenvalue weighted by Crippen LogP contribution is -2.53. The Hall–Kier alpha value is -0.910. The molecule has 20 heavy (non-hydrogen) atoms. The fourth-order valence-corrected chi connectivity index (χ4v) is 4.43. The first-order chi connectivity index (χ1) is 9.54. The molecule has 5 nitrogen and oxygen atoms in total. The van der Waals surface area contributed by atoms with Crippen LogP contribution in [0.4, 0.5) is 4.79 Å². The van der Waals surface area contributed by atoms with Crippen LogP contribution in [0.3, 0.4) is 0 Å². The van der Waals surface area contributed by atoms with Crippen LogP contribution in [0.2, 0.25) is 0 Å². The van der Waals surface area contributed by atoms with Crippen molar-refractivity contribution in [2.45, 2.75) is 63.4 Å². The van der Waals surface area contributed by atoms with E-state index in [0.717, 1.165) is 25.7 Å². The Labute approximate surface area is 124 Å². The molecule has 0 spiro atoms. The summed E-state index contributed by atoms with van der Waals surface area (Å²) in [5.74, 6) is 0.0976. The number of carboxylic acid groups (broad SMARTS) is 1. The Kier molecular flexibility index (Phi) is 5.18. The van der Waals surface area contributed by atoms with E-state index >= 15 is 0 Å². The summed E-state index contributed by atoms with van der Waals surface area (Å²) >= 11 is 1.52. The molecule has 0 aromatic rings. The first-order valence-electron chi connectivity index (χ1n) is 7.47. The largest absolute Gasteiger partial charge is 0.480 e. The summed E-state index contributed by atoms with van der Waals surface area (Å²) in [6.07, 6.45) is 5.62. The van der Waals surface area contributed by atoms with Gasteiger partial charge in [0.2, 0.25) is 0 Å². The van der Waals surface area contributed by atoms with Crippen LogP contribution in [0.5, 0.6) is 0 Å². The highest BCUT2D eigenvalue weighted by molar-refractivity contribution is 8.00. The first-order valence-corrected chi connectivity index (χ1v) is 8.52. The summed E-state index contributed by atoms with van der Waals surface area (Å²) in [7, 11) is 0. The van der Waals surface area contributed by atoms with Crippen LogP contribution >= 0.6 is 11.8 Å². The van der Waals surface area contributed by atoms with Gasteiger partial charge in [0.05, 0.1) is 5.37 Å². The molecular formula is C14H24N2O3S. The van der Waals surface area contributed by atoms with E-state index in [0.29, 0.717) is 11.7 Å². The molecule has 4 unspecified atom stereocenters. The molecular weight excluding hydrogens is 276 g/mol. The second-order valence-electron chi connectivity index (χ2n) is 5.70. The molecule has 1 saturated heterocycles. The van der Waals surface area contributed by atoms with Crippen molar-refractivity contribution < 1.29 is 14.7 Å². The second kappa shape index (κ2) is 6.70. The third-order valence-electron chi connectivity index (χ3n) is 4.48. The molecule has 6 heteroatoms. The maximum absolute atomic E-state index is 12.4. The van der Waals surface area contributed by atoms with E-state index < -0.39 is 12.0 Å². The zero-order valence-corrected chi connectivity index (χ0v) is 13.0. The van der Waals surface area contributed by atoms with E-state index in [-0.39, 0.29) is 17.4 Å². The van der Waals surface area contributed by atoms with Crippen LogP contribution in [0.15, 0.2) is 0 Å². The molecule has 2 rings (SSSR count). The van der Waals surface area contributed by atoms with Gasteiger partial charge in [0.15, 0.2) is 0 Å². The average molecular weight is 300 g/mol. The lowest BCUT2D eigenvalue weighted by Gasteiger charge is -2.34. The number of rotatable bonds is 3. The summed E-state index contributed by atoms with van der Waals surface area (Å²) in [5, 5.41) is 12.2. The van der Waals surface area contributed by atoms with Crippen LogP contribution in [-0.4, -0.2) is 45.2 Å². The summed E-state index contributed by atoms with van der Waals surface area (Å²) in [6, 6.07) is -0.701. The molecule has 0 aromatic heterocycles. The molecule has 2 amide bonds. The number of amides is 2. The standard InChI is InChI=1S/C14H24N2O3S/c1-3-10-6-4-5-7-11(10)15-14(19)16-9(2)20-8-12(16)13(17)18/h9-12H,3-8H2,1-2H3,(H,15,19)(H,17,18). The minimum absolute atomic E-state index is 0.0697. The van der Waals surface area contributed by atoms with Gasteiger partial charge in [-0.1, -0.05) is 26.2 Å². The van der Waals surface area contributed by atoms with Gasteiger partial charge in [0, 0.05) is 11.8 Å². The predicted molar refractivity (Wildman–Crippen MR) is 79.8 cm³/mol. The number of thioether (sulfide) groups is 1. The van der Waals surface area contributed by atoms with E-state index in [9.17, 15) is 14.7 Å². The van der Waals surface area contributed by atoms with Crippen molar-refractivity contribution in [1.29, 1.82) is 0 Å². The number of carboxylic acids is 1. The summed E-state index contributed by atoms with van der Waals surface area (Å²) in [4.78, 5) is 25.2. The zero-order chi connectivity index (χ0) is 14.7. The van der Waals surface area contributed by atoms with Crippen LogP contribution in [-0.2, 0) is 4.79 Å². The van der Waals surface area contributed by atoms with Gasteiger partial charge in [0.1, 0.15) is 6.04 Å². The number of aliphatic carboxylic acids is 1. The third kappa shape index (κ3) is 3.22. The first kappa shape index (κ1) is 15.5. The van der Waals surface area contributed by atoms with Crippen LogP contribution in [0.1, 0.15) is 46.0 Å². The highest BCUT2D eigenvalue weighted by atomic mass is 32.2. The highest BCUT2D eigenvalue weighted by Crippen LogP contribution is 2.30. The monoisotopic (exact) mass is 300 g/mol. The summed E-state index contributed by atoms with van der Waals surface area (Å²) in [6.45, 7) is 4.05. The third-order valence-corrected chi connectivity index (χ3v) is 5.70. The van der Waals surface area contributed by atoms with Crippen molar-refractivity contribution in [1.82, 2.24) is 10.2 Å². The van der Waals surface area contributed by atoms with Crippen molar-refractivity contribution >= 4 is 23.8 Å². The van der Waals surface area contributed by atoms with E-state index in [2.05, 4.69) is 12.2 Å². The Morgan fingerprint density at radius 3 is 2.70 bits per heavy atom. The number of hydrogen-bond donors (Lipinski definition) is 2. The molecule has 2 N–H and O–H groups in total. The van der Waals surface area contributed by atoms with E-state index in [1.165, 1.54) is 23.1 Å². The van der Waals surface area contributed by atoms with Crippen molar-refractivity contribution in [3.8, 4) is 0 Å². The molecule has 0 bridgehead atoms. The van der Waals surface area contributed by atoms with Gasteiger partial charge in [-0.2, -0.15) is 0 Å². The van der Waals surface area contributed by atoms with Gasteiger partial charge >= 0.3 is 12.0 Å². The van der Waals surface area contributed by atoms with Gasteiger partial charge in [-0.05, 0) is 25.7 Å². The molecule has 1 heterocycles. The Morgan fingerprint density at radius 1 is 1.35 bits per heavy atom. The number of carbonyl (C=O) groups excluding carboxylic acids is 1. The zero-order valence-electron chi connectivity index (χ0n) is 12.2. The topological polar surface area (TPSA) is 69.6 Å². The number of urea groups is 1. The smallest absolute Gasteiger partial charge is 0.327 e. The molecule has 0 radical (unpaired) electrons. The Bertz CT molecular complexity index is 377. The van der Waals surface area contributed by atoms with Crippen LogP contribution < -0.4 is 5.32 Å². The predicted octanol–water partition coefficient (Wildman–Crippen LogP) is 2.51. The minimum atomic E-state index is -0.910. The van der Waals surface area contributed by atoms with Crippen LogP contribution in [0, 0.1) is 5.92 Å². The Morgan fingerprint density at radius 2 is 2.05 bits per heavy atom. The van der Waals surface area contributed by atoms with Gasteiger partial charge in [-0.25, -0.2) is 9.59 Å². The fourth-order valence-electron chi connectivity index (χ4n) is 3.26. The van der Waals surface area contributed by atoms with Gasteiger partial charge in [-0.3, -0.25) is 4.90 Å². The molecule has 1 aliphatic heterocycles. The van der Waals surface area contributed by atoms with Crippen molar-refractivity contribution in [2.75, 3.05) is 5.75 Å². The minimum Gasteiger partial charge on any atom is -0.480 e. The molecule has 114 valence electrons. The highest BCUT2D eigenvalue weighted by Gasteiger charge is 2.40. The van der Waals surface area contributed by atoms with Crippen molar-refractivity contribution in [2.24, 2.45) is 5.92 Å². The second-order valence-corrected chi connectivity index (χ2v) is 7.05. The van der Waals surface area contributed by atoms with Gasteiger partial charge in [-0.15, -0.1) is 11.8 Å². The average Bonchev–Trinajstić information content (AvgIpc) is 2.81. The van der Waals surface area contributed by atoms with Gasteiger partial charge < -0.3 is 10.4 Å². The molecule has 1 saturated carbocycles. The van der Waals surface area contributed by atoms with E-state index in [1.807, 2.05) is 6.92 Å². The lowest BCUT2D eigenvalue weighted by molar-refractivity contribution is -0.141. The van der Waals surface area contributed by atoms with Crippen molar-refractivity contribution in [3.05, 3.63) is 0 Å². The number of hydrogen-bond acceptors (Lipinski definition) is 3.